The number of aldehydes is 1. The van der Waals surface area contributed by atoms with Gasteiger partial charge in [-0.25, -0.2) is 19.3 Å². The lowest BCUT2D eigenvalue weighted by atomic mass is 10.0. The van der Waals surface area contributed by atoms with Gasteiger partial charge in [0.05, 0.1) is 18.0 Å². The number of ether oxygens (including phenoxy) is 1. The molecular weight excluding hydrogens is 476 g/mol. The molecule has 11 heteroatoms. The van der Waals surface area contributed by atoms with Crippen molar-refractivity contribution in [2.45, 2.75) is 38.1 Å². The topological polar surface area (TPSA) is 77.0 Å². The van der Waals surface area contributed by atoms with E-state index < -0.39 is 17.6 Å². The summed E-state index contributed by atoms with van der Waals surface area (Å²) < 4.78 is 55.6. The van der Waals surface area contributed by atoms with Crippen molar-refractivity contribution >= 4 is 17.9 Å². The molecular formula is C23H21ClF4N4O2. The molecule has 0 aliphatic carbocycles. The summed E-state index contributed by atoms with van der Waals surface area (Å²) in [7, 11) is 0. The number of aromatic nitrogens is 3. The number of hydrogen-bond acceptors (Lipinski definition) is 6. The Morgan fingerprint density at radius 3 is 2.47 bits per heavy atom. The lowest BCUT2D eigenvalue weighted by Gasteiger charge is -2.30. The molecule has 2 aromatic heterocycles. The van der Waals surface area contributed by atoms with Crippen LogP contribution >= 0.6 is 11.6 Å². The second-order valence-electron chi connectivity index (χ2n) is 7.48. The Hall–Kier alpha value is -3.11. The molecule has 1 fully saturated rings. The molecule has 4 rings (SSSR count). The Bertz CT molecular complexity index is 1110. The van der Waals surface area contributed by atoms with Crippen LogP contribution in [0.5, 0.6) is 5.88 Å². The quantitative estimate of drug-likeness (QED) is 0.386. The van der Waals surface area contributed by atoms with Crippen LogP contribution in [-0.4, -0.2) is 39.9 Å². The smallest absolute Gasteiger partial charge is 0.417 e. The van der Waals surface area contributed by atoms with Gasteiger partial charge in [-0.2, -0.15) is 13.2 Å². The van der Waals surface area contributed by atoms with Gasteiger partial charge in [-0.05, 0) is 32.4 Å². The molecule has 1 aliphatic rings. The lowest BCUT2D eigenvalue weighted by Crippen LogP contribution is -2.45. The first kappa shape index (κ1) is 25.5. The SMILES string of the molecule is C[C@@H]1NCCC[C@H]1Oc1ncc(C(F)(F)F)cc1Cl.O=Cc1ccccc1-c1ncc(F)cn1. The second-order valence-corrected chi connectivity index (χ2v) is 7.89. The minimum Gasteiger partial charge on any atom is -0.472 e. The van der Waals surface area contributed by atoms with Gasteiger partial charge in [-0.3, -0.25) is 4.79 Å². The molecule has 6 nitrogen and oxygen atoms in total. The molecule has 0 bridgehead atoms. The number of hydrogen-bond donors (Lipinski definition) is 1. The van der Waals surface area contributed by atoms with E-state index in [1.165, 1.54) is 0 Å². The van der Waals surface area contributed by atoms with Gasteiger partial charge < -0.3 is 10.1 Å². The van der Waals surface area contributed by atoms with E-state index in [1.807, 2.05) is 6.92 Å². The molecule has 180 valence electrons. The summed E-state index contributed by atoms with van der Waals surface area (Å²) in [6.45, 7) is 2.87. The third-order valence-corrected chi connectivity index (χ3v) is 5.31. The van der Waals surface area contributed by atoms with Crippen LogP contribution in [-0.2, 0) is 6.18 Å². The van der Waals surface area contributed by atoms with E-state index in [1.54, 1.807) is 24.3 Å². The maximum absolute atomic E-state index is 12.6. The largest absolute Gasteiger partial charge is 0.472 e. The van der Waals surface area contributed by atoms with Crippen molar-refractivity contribution in [2.75, 3.05) is 6.54 Å². The van der Waals surface area contributed by atoms with Crippen LogP contribution in [0, 0.1) is 5.82 Å². The van der Waals surface area contributed by atoms with Crippen molar-refractivity contribution in [1.82, 2.24) is 20.3 Å². The number of piperidine rings is 1. The number of nitrogens with one attached hydrogen (secondary N) is 1. The Morgan fingerprint density at radius 2 is 1.85 bits per heavy atom. The molecule has 34 heavy (non-hydrogen) atoms. The van der Waals surface area contributed by atoms with E-state index in [4.69, 9.17) is 16.3 Å². The van der Waals surface area contributed by atoms with Gasteiger partial charge in [0.1, 0.15) is 11.1 Å². The Morgan fingerprint density at radius 1 is 1.15 bits per heavy atom. The van der Waals surface area contributed by atoms with E-state index in [9.17, 15) is 22.4 Å². The summed E-state index contributed by atoms with van der Waals surface area (Å²) in [6.07, 6.45) is 0.809. The molecule has 3 aromatic rings. The number of rotatable bonds is 4. The molecule has 3 heterocycles. The van der Waals surface area contributed by atoms with Crippen LogP contribution in [0.15, 0.2) is 48.9 Å². The minimum atomic E-state index is -4.45. The predicted molar refractivity (Wildman–Crippen MR) is 118 cm³/mol. The fraction of sp³-hybridized carbons (Fsp3) is 0.304. The van der Waals surface area contributed by atoms with Gasteiger partial charge in [0.2, 0.25) is 5.88 Å². The van der Waals surface area contributed by atoms with Gasteiger partial charge in [0.15, 0.2) is 17.9 Å². The predicted octanol–water partition coefficient (Wildman–Crippen LogP) is 5.37. The summed E-state index contributed by atoms with van der Waals surface area (Å²) in [5, 5.41) is 3.11. The normalized spacial score (nSPS) is 17.9. The number of pyridine rings is 1. The number of alkyl halides is 3. The van der Waals surface area contributed by atoms with Gasteiger partial charge in [-0.15, -0.1) is 0 Å². The molecule has 1 aromatic carbocycles. The molecule has 0 saturated carbocycles. The molecule has 1 aliphatic heterocycles. The summed E-state index contributed by atoms with van der Waals surface area (Å²) >= 11 is 5.79. The standard InChI is InChI=1S/C12H14ClF3N2O.C11H7FN2O/c1-7-10(3-2-4-17-7)19-11-9(13)5-8(6-18-11)12(14,15)16;12-9-5-13-11(14-6-9)10-4-2-1-3-8(10)7-15/h5-7,10,17H,2-4H2,1H3;1-7H/t7-,10+;/m0./s1. The summed E-state index contributed by atoms with van der Waals surface area (Å²) in [6, 6.07) is 7.86. The van der Waals surface area contributed by atoms with Crippen LogP contribution in [0.1, 0.15) is 35.7 Å². The Labute approximate surface area is 198 Å². The summed E-state index contributed by atoms with van der Waals surface area (Å²) in [4.78, 5) is 22.0. The van der Waals surface area contributed by atoms with Crippen molar-refractivity contribution in [1.29, 1.82) is 0 Å². The van der Waals surface area contributed by atoms with Crippen LogP contribution in [0.4, 0.5) is 17.6 Å². The van der Waals surface area contributed by atoms with Crippen molar-refractivity contribution < 1.29 is 27.1 Å². The van der Waals surface area contributed by atoms with E-state index in [2.05, 4.69) is 20.3 Å². The summed E-state index contributed by atoms with van der Waals surface area (Å²) in [5.41, 5.74) is 0.219. The molecule has 1 saturated heterocycles. The van der Waals surface area contributed by atoms with Gasteiger partial charge in [0.25, 0.3) is 0 Å². The van der Waals surface area contributed by atoms with Gasteiger partial charge >= 0.3 is 6.18 Å². The number of carbonyl (C=O) groups is 1. The van der Waals surface area contributed by atoms with E-state index in [0.29, 0.717) is 17.0 Å². The zero-order valence-electron chi connectivity index (χ0n) is 18.0. The van der Waals surface area contributed by atoms with Crippen LogP contribution < -0.4 is 10.1 Å². The molecule has 0 unspecified atom stereocenters. The minimum absolute atomic E-state index is 0.0511. The average molecular weight is 497 g/mol. The molecule has 1 N–H and O–H groups in total. The zero-order valence-corrected chi connectivity index (χ0v) is 18.8. The van der Waals surface area contributed by atoms with Crippen molar-refractivity contribution in [3.63, 3.8) is 0 Å². The number of carbonyl (C=O) groups excluding carboxylic acids is 1. The number of benzene rings is 1. The highest BCUT2D eigenvalue weighted by atomic mass is 35.5. The maximum atomic E-state index is 12.6. The molecule has 2 atom stereocenters. The maximum Gasteiger partial charge on any atom is 0.417 e. The third kappa shape index (κ3) is 6.71. The first-order chi connectivity index (χ1) is 16.2. The van der Waals surface area contributed by atoms with Gasteiger partial charge in [0, 0.05) is 23.4 Å². The fourth-order valence-electron chi connectivity index (χ4n) is 3.24. The van der Waals surface area contributed by atoms with Crippen LogP contribution in [0.3, 0.4) is 0 Å². The van der Waals surface area contributed by atoms with E-state index in [-0.39, 0.29) is 23.0 Å². The second kappa shape index (κ2) is 11.3. The highest BCUT2D eigenvalue weighted by Crippen LogP contribution is 2.33. The lowest BCUT2D eigenvalue weighted by molar-refractivity contribution is -0.137. The highest BCUT2D eigenvalue weighted by molar-refractivity contribution is 6.31. The first-order valence-electron chi connectivity index (χ1n) is 10.3. The number of halogens is 5. The Balaban J connectivity index is 0.000000196. The fourth-order valence-corrected chi connectivity index (χ4v) is 3.45. The third-order valence-electron chi connectivity index (χ3n) is 5.04. The first-order valence-corrected chi connectivity index (χ1v) is 10.7. The van der Waals surface area contributed by atoms with Crippen molar-refractivity contribution in [3.8, 4) is 17.3 Å². The molecule has 0 spiro atoms. The van der Waals surface area contributed by atoms with Gasteiger partial charge in [-0.1, -0.05) is 35.9 Å². The molecule has 0 radical (unpaired) electrons. The molecule has 0 amide bonds. The average Bonchev–Trinajstić information content (AvgIpc) is 2.82. The van der Waals surface area contributed by atoms with Crippen LogP contribution in [0.2, 0.25) is 5.02 Å². The summed E-state index contributed by atoms with van der Waals surface area (Å²) in [5.74, 6) is -0.100. The van der Waals surface area contributed by atoms with E-state index >= 15 is 0 Å². The van der Waals surface area contributed by atoms with Crippen molar-refractivity contribution in [3.05, 3.63) is 70.9 Å². The van der Waals surface area contributed by atoms with E-state index in [0.717, 1.165) is 50.3 Å². The zero-order chi connectivity index (χ0) is 24.7. The highest BCUT2D eigenvalue weighted by Gasteiger charge is 2.32. The monoisotopic (exact) mass is 496 g/mol. The van der Waals surface area contributed by atoms with Crippen LogP contribution in [0.25, 0.3) is 11.4 Å². The Kier molecular flexibility index (Phi) is 8.51. The van der Waals surface area contributed by atoms with Crippen molar-refractivity contribution in [2.24, 2.45) is 0 Å². The number of nitrogens with zero attached hydrogens (tertiary/aromatic N) is 3.